The van der Waals surface area contributed by atoms with Crippen molar-refractivity contribution < 1.29 is 19.1 Å². The molecule has 0 unspecified atom stereocenters. The number of rotatable bonds is 4. The Morgan fingerprint density at radius 1 is 1.36 bits per heavy atom. The Hall–Kier alpha value is -2.34. The van der Waals surface area contributed by atoms with E-state index >= 15 is 0 Å². The molecule has 2 fully saturated rings. The lowest BCUT2D eigenvalue weighted by Crippen LogP contribution is -2.53. The minimum atomic E-state index is -0.540. The fourth-order valence-corrected chi connectivity index (χ4v) is 5.63. The first-order valence-corrected chi connectivity index (χ1v) is 10.0. The van der Waals surface area contributed by atoms with Crippen LogP contribution in [0.3, 0.4) is 0 Å². The highest BCUT2D eigenvalue weighted by Crippen LogP contribution is 2.53. The molecule has 4 rings (SSSR count). The Labute approximate surface area is 165 Å². The number of carbonyl (C=O) groups excluding carboxylic acids is 2. The highest BCUT2D eigenvalue weighted by atomic mass is 16.5. The maximum atomic E-state index is 13.2. The van der Waals surface area contributed by atoms with Crippen molar-refractivity contribution in [3.8, 4) is 0 Å². The molecule has 0 aromatic heterocycles. The Morgan fingerprint density at radius 3 is 2.86 bits per heavy atom. The van der Waals surface area contributed by atoms with Crippen molar-refractivity contribution in [3.05, 3.63) is 41.7 Å². The van der Waals surface area contributed by atoms with Gasteiger partial charge in [0.15, 0.2) is 0 Å². The summed E-state index contributed by atoms with van der Waals surface area (Å²) in [5.74, 6) is 0.0769. The van der Waals surface area contributed by atoms with Gasteiger partial charge in [-0.25, -0.2) is 4.79 Å². The van der Waals surface area contributed by atoms with E-state index in [9.17, 15) is 9.59 Å². The average Bonchev–Trinajstić information content (AvgIpc) is 3.23. The van der Waals surface area contributed by atoms with Crippen molar-refractivity contribution in [2.24, 2.45) is 11.8 Å². The van der Waals surface area contributed by atoms with Crippen molar-refractivity contribution in [2.75, 3.05) is 32.6 Å². The molecule has 0 saturated carbocycles. The van der Waals surface area contributed by atoms with Crippen LogP contribution in [0.25, 0.3) is 0 Å². The molecule has 1 aromatic carbocycles. The number of anilines is 1. The Kier molecular flexibility index (Phi) is 4.91. The first-order chi connectivity index (χ1) is 13.6. The monoisotopic (exact) mass is 384 g/mol. The second kappa shape index (κ2) is 7.24. The van der Waals surface area contributed by atoms with E-state index in [-0.39, 0.29) is 23.8 Å². The largest absolute Gasteiger partial charge is 0.504 e. The topological polar surface area (TPSA) is 67.9 Å². The summed E-state index contributed by atoms with van der Waals surface area (Å²) in [4.78, 5) is 28.1. The van der Waals surface area contributed by atoms with E-state index in [2.05, 4.69) is 23.2 Å². The third-order valence-corrected chi connectivity index (χ3v) is 6.97. The van der Waals surface area contributed by atoms with Crippen LogP contribution in [0.1, 0.15) is 31.7 Å². The van der Waals surface area contributed by atoms with Gasteiger partial charge in [0.1, 0.15) is 0 Å². The third kappa shape index (κ3) is 2.65. The molecule has 3 heterocycles. The summed E-state index contributed by atoms with van der Waals surface area (Å²) in [6.45, 7) is 3.93. The lowest BCUT2D eigenvalue weighted by atomic mass is 9.67. The molecule has 28 heavy (non-hydrogen) atoms. The Balaban J connectivity index is 1.74. The van der Waals surface area contributed by atoms with E-state index in [0.29, 0.717) is 11.5 Å². The predicted molar refractivity (Wildman–Crippen MR) is 106 cm³/mol. The van der Waals surface area contributed by atoms with Gasteiger partial charge in [0.2, 0.25) is 5.91 Å². The molecule has 1 aromatic rings. The molecule has 3 aliphatic rings. The molecule has 150 valence electrons. The van der Waals surface area contributed by atoms with Crippen molar-refractivity contribution in [1.29, 1.82) is 0 Å². The van der Waals surface area contributed by atoms with Crippen molar-refractivity contribution in [1.82, 2.24) is 4.90 Å². The van der Waals surface area contributed by atoms with Crippen LogP contribution in [-0.4, -0.2) is 50.1 Å². The number of nitrogens with one attached hydrogen (secondary N) is 1. The Morgan fingerprint density at radius 2 is 2.14 bits per heavy atom. The van der Waals surface area contributed by atoms with Crippen LogP contribution in [0.5, 0.6) is 0 Å². The molecule has 2 saturated heterocycles. The minimum Gasteiger partial charge on any atom is -0.504 e. The quantitative estimate of drug-likeness (QED) is 0.491. The maximum Gasteiger partial charge on any atom is 0.337 e. The fraction of sp³-hybridized carbons (Fsp3) is 0.545. The first kappa shape index (κ1) is 19.0. The van der Waals surface area contributed by atoms with Crippen molar-refractivity contribution >= 4 is 17.6 Å². The molecular weight excluding hydrogens is 356 g/mol. The molecule has 6 heteroatoms. The van der Waals surface area contributed by atoms with Crippen LogP contribution in [0, 0.1) is 11.8 Å². The number of carbonyl (C=O) groups is 2. The zero-order valence-electron chi connectivity index (χ0n) is 16.7. The normalized spacial score (nSPS) is 32.0. The number of fused-ring (bicyclic) bond motifs is 4. The summed E-state index contributed by atoms with van der Waals surface area (Å²) in [6.07, 6.45) is 4.04. The van der Waals surface area contributed by atoms with Crippen LogP contribution in [0.2, 0.25) is 0 Å². The second-order valence-corrected chi connectivity index (χ2v) is 8.04. The summed E-state index contributed by atoms with van der Waals surface area (Å²) in [6, 6.07) is 8.07. The van der Waals surface area contributed by atoms with Gasteiger partial charge in [-0.3, -0.25) is 9.69 Å². The standard InChI is InChI=1S/C22H28N2O4/c1-4-14-12-24-10-9-22(17-7-5-6-8-18(17)23-21(22)26)19(24)11-15(14)16(13-27-2)20(25)28-3/h5-8,13-15,19H,4,9-12H2,1-3H3,(H,23,26)/b16-13+/t14-,15+,19+,22-/m1/s1. The fourth-order valence-electron chi connectivity index (χ4n) is 5.63. The van der Waals surface area contributed by atoms with Crippen LogP contribution in [-0.2, 0) is 24.5 Å². The molecule has 0 radical (unpaired) electrons. The highest BCUT2D eigenvalue weighted by molar-refractivity contribution is 6.07. The molecule has 0 bridgehead atoms. The average molecular weight is 384 g/mol. The number of methoxy groups -OCH3 is 2. The molecule has 0 aliphatic carbocycles. The van der Waals surface area contributed by atoms with Gasteiger partial charge in [-0.05, 0) is 42.9 Å². The van der Waals surface area contributed by atoms with E-state index < -0.39 is 5.41 Å². The smallest absolute Gasteiger partial charge is 0.337 e. The number of nitrogens with zero attached hydrogens (tertiary/aromatic N) is 1. The van der Waals surface area contributed by atoms with E-state index in [4.69, 9.17) is 9.47 Å². The number of benzene rings is 1. The lowest BCUT2D eigenvalue weighted by molar-refractivity contribution is -0.137. The number of hydrogen-bond donors (Lipinski definition) is 1. The molecule has 1 amide bonds. The zero-order valence-corrected chi connectivity index (χ0v) is 16.7. The first-order valence-electron chi connectivity index (χ1n) is 10.0. The van der Waals surface area contributed by atoms with Crippen LogP contribution in [0.4, 0.5) is 5.69 Å². The highest BCUT2D eigenvalue weighted by Gasteiger charge is 2.60. The van der Waals surface area contributed by atoms with E-state index in [1.165, 1.54) is 13.4 Å². The Bertz CT molecular complexity index is 821. The summed E-state index contributed by atoms with van der Waals surface area (Å²) >= 11 is 0. The summed E-state index contributed by atoms with van der Waals surface area (Å²) in [7, 11) is 2.95. The van der Waals surface area contributed by atoms with Gasteiger partial charge in [0, 0.05) is 18.3 Å². The van der Waals surface area contributed by atoms with Gasteiger partial charge in [0.25, 0.3) is 0 Å². The number of hydrogen-bond acceptors (Lipinski definition) is 5. The van der Waals surface area contributed by atoms with E-state index in [1.54, 1.807) is 7.11 Å². The second-order valence-electron chi connectivity index (χ2n) is 8.04. The summed E-state index contributed by atoms with van der Waals surface area (Å²) in [5, 5.41) is 3.10. The van der Waals surface area contributed by atoms with Crippen molar-refractivity contribution in [3.63, 3.8) is 0 Å². The molecule has 1 N–H and O–H groups in total. The van der Waals surface area contributed by atoms with Crippen LogP contribution < -0.4 is 5.32 Å². The maximum absolute atomic E-state index is 13.2. The van der Waals surface area contributed by atoms with Gasteiger partial charge < -0.3 is 14.8 Å². The zero-order chi connectivity index (χ0) is 19.9. The number of piperidine rings is 1. The molecular formula is C22H28N2O4. The third-order valence-electron chi connectivity index (χ3n) is 6.97. The van der Waals surface area contributed by atoms with Gasteiger partial charge in [-0.2, -0.15) is 0 Å². The number of amides is 1. The number of esters is 1. The van der Waals surface area contributed by atoms with Crippen molar-refractivity contribution in [2.45, 2.75) is 37.6 Å². The summed E-state index contributed by atoms with van der Waals surface area (Å²) < 4.78 is 10.3. The van der Waals surface area contributed by atoms with Gasteiger partial charge in [-0.1, -0.05) is 31.5 Å². The van der Waals surface area contributed by atoms with Crippen LogP contribution >= 0.6 is 0 Å². The SMILES string of the molecule is CC[C@@H]1CN2CC[C@]3(C(=O)Nc4ccccc43)[C@@H]2C[C@@H]1/C(=C\OC)C(=O)OC. The lowest BCUT2D eigenvalue weighted by Gasteiger charge is -2.45. The van der Waals surface area contributed by atoms with Crippen LogP contribution in [0.15, 0.2) is 36.1 Å². The van der Waals surface area contributed by atoms with Gasteiger partial charge in [0.05, 0.1) is 31.5 Å². The molecule has 4 atom stereocenters. The van der Waals surface area contributed by atoms with Gasteiger partial charge >= 0.3 is 5.97 Å². The van der Waals surface area contributed by atoms with E-state index in [0.717, 1.165) is 43.6 Å². The molecule has 6 nitrogen and oxygen atoms in total. The predicted octanol–water partition coefficient (Wildman–Crippen LogP) is 2.70. The molecule has 1 spiro atoms. The minimum absolute atomic E-state index is 0.00851. The number of para-hydroxylation sites is 1. The number of ether oxygens (including phenoxy) is 2. The van der Waals surface area contributed by atoms with Gasteiger partial charge in [-0.15, -0.1) is 0 Å². The summed E-state index contributed by atoms with van der Waals surface area (Å²) in [5.41, 5.74) is 2.05. The van der Waals surface area contributed by atoms with E-state index in [1.807, 2.05) is 18.2 Å². The molecule has 3 aliphatic heterocycles.